The predicted octanol–water partition coefficient (Wildman–Crippen LogP) is 4.89. The summed E-state index contributed by atoms with van der Waals surface area (Å²) in [6, 6.07) is 5.27. The minimum absolute atomic E-state index is 0.141. The van der Waals surface area contributed by atoms with E-state index in [1.165, 1.54) is 18.9 Å². The molecule has 0 aromatic heterocycles. The summed E-state index contributed by atoms with van der Waals surface area (Å²) >= 11 is 6.23. The first-order valence-corrected chi connectivity index (χ1v) is 12.0. The van der Waals surface area contributed by atoms with Gasteiger partial charge in [0.05, 0.1) is 0 Å². The van der Waals surface area contributed by atoms with E-state index in [4.69, 9.17) is 16.3 Å². The van der Waals surface area contributed by atoms with Gasteiger partial charge in [-0.25, -0.2) is 4.39 Å². The Bertz CT molecular complexity index is 697. The Balaban J connectivity index is 1.38. The molecular weight excluding hydrogens is 403 g/mol. The zero-order valence-corrected chi connectivity index (χ0v) is 18.6. The predicted molar refractivity (Wildman–Crippen MR) is 117 cm³/mol. The lowest BCUT2D eigenvalue weighted by molar-refractivity contribution is -0.142. The molecular formula is C24H34ClFN2O2. The largest absolute Gasteiger partial charge is 0.381 e. The summed E-state index contributed by atoms with van der Waals surface area (Å²) in [5.41, 5.74) is 0.600. The van der Waals surface area contributed by atoms with E-state index >= 15 is 0 Å². The number of likely N-dealkylation sites (tertiary alicyclic amines) is 2. The third kappa shape index (κ3) is 5.17. The average molecular weight is 437 g/mol. The molecule has 3 aliphatic rings. The van der Waals surface area contributed by atoms with E-state index in [0.717, 1.165) is 58.2 Å². The van der Waals surface area contributed by atoms with Gasteiger partial charge >= 0.3 is 0 Å². The number of hydrogen-bond donors (Lipinski definition) is 0. The minimum Gasteiger partial charge on any atom is -0.381 e. The zero-order chi connectivity index (χ0) is 20.9. The van der Waals surface area contributed by atoms with Crippen LogP contribution in [0.3, 0.4) is 0 Å². The molecule has 1 atom stereocenters. The third-order valence-corrected chi connectivity index (χ3v) is 7.63. The Morgan fingerprint density at radius 1 is 1.03 bits per heavy atom. The smallest absolute Gasteiger partial charge is 0.226 e. The molecule has 4 rings (SSSR count). The van der Waals surface area contributed by atoms with Gasteiger partial charge in [0.15, 0.2) is 0 Å². The molecule has 3 saturated heterocycles. The number of rotatable bonds is 4. The van der Waals surface area contributed by atoms with Crippen molar-refractivity contribution in [2.75, 3.05) is 32.8 Å². The number of piperidine rings is 1. The highest BCUT2D eigenvalue weighted by molar-refractivity contribution is 6.31. The van der Waals surface area contributed by atoms with Gasteiger partial charge in [0.25, 0.3) is 0 Å². The number of nitrogens with zero attached hydrogens (tertiary/aromatic N) is 2. The first-order valence-electron chi connectivity index (χ1n) is 11.7. The van der Waals surface area contributed by atoms with E-state index in [1.807, 2.05) is 0 Å². The summed E-state index contributed by atoms with van der Waals surface area (Å²) in [6.45, 7) is 4.77. The summed E-state index contributed by atoms with van der Waals surface area (Å²) < 4.78 is 19.6. The lowest BCUT2D eigenvalue weighted by atomic mass is 9.85. The SMILES string of the molecule is O=C(C1CCOCC1)N1CCCCC[C@@H]1C1CCN(Cc2c(F)cccc2Cl)CC1. The number of amides is 1. The van der Waals surface area contributed by atoms with E-state index < -0.39 is 0 Å². The molecule has 0 unspecified atom stereocenters. The molecule has 0 spiro atoms. The fourth-order valence-corrected chi connectivity index (χ4v) is 5.70. The van der Waals surface area contributed by atoms with Crippen molar-refractivity contribution in [2.24, 2.45) is 11.8 Å². The second-order valence-corrected chi connectivity index (χ2v) is 9.56. The topological polar surface area (TPSA) is 32.8 Å². The number of halogens is 2. The van der Waals surface area contributed by atoms with Crippen LogP contribution < -0.4 is 0 Å². The molecule has 1 amide bonds. The monoisotopic (exact) mass is 436 g/mol. The third-order valence-electron chi connectivity index (χ3n) is 7.27. The molecule has 1 aromatic rings. The Labute approximate surface area is 184 Å². The van der Waals surface area contributed by atoms with Gasteiger partial charge in [0.1, 0.15) is 5.82 Å². The molecule has 0 saturated carbocycles. The maximum absolute atomic E-state index is 14.2. The maximum atomic E-state index is 14.2. The molecule has 4 nitrogen and oxygen atoms in total. The van der Waals surface area contributed by atoms with E-state index in [-0.39, 0.29) is 11.7 Å². The second-order valence-electron chi connectivity index (χ2n) is 9.15. The normalized spacial score (nSPS) is 25.3. The summed E-state index contributed by atoms with van der Waals surface area (Å²) in [4.78, 5) is 17.9. The molecule has 6 heteroatoms. The van der Waals surface area contributed by atoms with Gasteiger partial charge in [-0.2, -0.15) is 0 Å². The number of carbonyl (C=O) groups is 1. The van der Waals surface area contributed by atoms with Crippen LogP contribution in [0.15, 0.2) is 18.2 Å². The van der Waals surface area contributed by atoms with E-state index in [2.05, 4.69) is 9.80 Å². The Morgan fingerprint density at radius 3 is 2.53 bits per heavy atom. The molecule has 3 heterocycles. The number of carbonyl (C=O) groups excluding carboxylic acids is 1. The van der Waals surface area contributed by atoms with Crippen LogP contribution in [0.1, 0.15) is 56.9 Å². The molecule has 0 N–H and O–H groups in total. The van der Waals surface area contributed by atoms with Crippen molar-refractivity contribution in [1.29, 1.82) is 0 Å². The second kappa shape index (κ2) is 10.4. The molecule has 0 radical (unpaired) electrons. The van der Waals surface area contributed by atoms with Crippen molar-refractivity contribution in [3.05, 3.63) is 34.6 Å². The summed E-state index contributed by atoms with van der Waals surface area (Å²) in [7, 11) is 0. The van der Waals surface area contributed by atoms with Gasteiger partial charge in [-0.15, -0.1) is 0 Å². The molecule has 3 fully saturated rings. The highest BCUT2D eigenvalue weighted by atomic mass is 35.5. The minimum atomic E-state index is -0.221. The van der Waals surface area contributed by atoms with E-state index in [9.17, 15) is 9.18 Å². The van der Waals surface area contributed by atoms with Crippen LogP contribution in [0.25, 0.3) is 0 Å². The first kappa shape index (κ1) is 22.0. The van der Waals surface area contributed by atoms with Crippen LogP contribution in [0.5, 0.6) is 0 Å². The van der Waals surface area contributed by atoms with Crippen molar-refractivity contribution in [3.63, 3.8) is 0 Å². The lowest BCUT2D eigenvalue weighted by Gasteiger charge is -2.42. The fourth-order valence-electron chi connectivity index (χ4n) is 5.48. The molecule has 0 bridgehead atoms. The van der Waals surface area contributed by atoms with E-state index in [0.29, 0.717) is 48.2 Å². The quantitative estimate of drug-likeness (QED) is 0.673. The fraction of sp³-hybridized carbons (Fsp3) is 0.708. The van der Waals surface area contributed by atoms with Gasteiger partial charge < -0.3 is 9.64 Å². The summed E-state index contributed by atoms with van der Waals surface area (Å²) in [5, 5.41) is 0.508. The van der Waals surface area contributed by atoms with Gasteiger partial charge in [0, 0.05) is 48.8 Å². The van der Waals surface area contributed by atoms with Crippen LogP contribution in [-0.2, 0) is 16.1 Å². The molecule has 1 aromatic carbocycles. The molecule has 166 valence electrons. The van der Waals surface area contributed by atoms with Crippen molar-refractivity contribution < 1.29 is 13.9 Å². The molecule has 0 aliphatic carbocycles. The van der Waals surface area contributed by atoms with Crippen molar-refractivity contribution in [2.45, 2.75) is 64.0 Å². The Hall–Kier alpha value is -1.17. The van der Waals surface area contributed by atoms with Crippen LogP contribution in [0, 0.1) is 17.7 Å². The van der Waals surface area contributed by atoms with Crippen LogP contribution >= 0.6 is 11.6 Å². The highest BCUT2D eigenvalue weighted by Gasteiger charge is 2.36. The average Bonchev–Trinajstić information content (AvgIpc) is 3.03. The van der Waals surface area contributed by atoms with Crippen LogP contribution in [-0.4, -0.2) is 54.6 Å². The van der Waals surface area contributed by atoms with Gasteiger partial charge in [-0.1, -0.05) is 30.5 Å². The zero-order valence-electron chi connectivity index (χ0n) is 17.8. The maximum Gasteiger partial charge on any atom is 0.226 e. The lowest BCUT2D eigenvalue weighted by Crippen LogP contribution is -2.50. The number of benzene rings is 1. The van der Waals surface area contributed by atoms with E-state index in [1.54, 1.807) is 12.1 Å². The first-order chi connectivity index (χ1) is 14.6. The molecule has 30 heavy (non-hydrogen) atoms. The summed E-state index contributed by atoms with van der Waals surface area (Å²) in [5.74, 6) is 0.828. The van der Waals surface area contributed by atoms with Crippen LogP contribution in [0.4, 0.5) is 4.39 Å². The Morgan fingerprint density at radius 2 is 1.80 bits per heavy atom. The molecule has 3 aliphatic heterocycles. The van der Waals surface area contributed by atoms with Crippen molar-refractivity contribution >= 4 is 17.5 Å². The van der Waals surface area contributed by atoms with Gasteiger partial charge in [-0.05, 0) is 69.7 Å². The summed E-state index contributed by atoms with van der Waals surface area (Å²) in [6.07, 6.45) is 8.54. The number of hydrogen-bond acceptors (Lipinski definition) is 3. The van der Waals surface area contributed by atoms with Crippen molar-refractivity contribution in [1.82, 2.24) is 9.80 Å². The standard InChI is InChI=1S/C24H34ClFN2O2/c25-21-5-4-6-22(26)20(21)17-27-13-8-18(9-14-27)23-7-2-1-3-12-28(23)24(29)19-10-15-30-16-11-19/h4-6,18-19,23H,1-3,7-17H2/t23-/m1/s1. The van der Waals surface area contributed by atoms with Crippen molar-refractivity contribution in [3.8, 4) is 0 Å². The van der Waals surface area contributed by atoms with Crippen LogP contribution in [0.2, 0.25) is 5.02 Å². The highest BCUT2D eigenvalue weighted by Crippen LogP contribution is 2.33. The van der Waals surface area contributed by atoms with Gasteiger partial charge in [0.2, 0.25) is 5.91 Å². The number of ether oxygens (including phenoxy) is 1. The Kier molecular flexibility index (Phi) is 7.66. The van der Waals surface area contributed by atoms with Gasteiger partial charge in [-0.3, -0.25) is 9.69 Å².